The minimum Gasteiger partial charge on any atom is -0.370 e. The van der Waals surface area contributed by atoms with Crippen LogP contribution >= 0.6 is 24.8 Å². The van der Waals surface area contributed by atoms with Crippen LogP contribution < -0.4 is 16.8 Å². The smallest absolute Gasteiger partial charge is 0.222 e. The van der Waals surface area contributed by atoms with Crippen LogP contribution in [0, 0.1) is 5.92 Å². The van der Waals surface area contributed by atoms with Crippen LogP contribution in [0.1, 0.15) is 69.4 Å². The molecule has 6 nitrogen and oxygen atoms in total. The molecule has 0 spiro atoms. The first-order chi connectivity index (χ1) is 12.7. The largest absolute Gasteiger partial charge is 0.370 e. The maximum absolute atomic E-state index is 5.90. The molecule has 0 atom stereocenters. The standard InChI is InChI=1S/C20H34N6.2ClH/c21-16-11-15(12-16)18-13-19(25-20(22)24-18)23-8-5-14-6-9-26(10-7-14)17-3-1-2-4-17;;/h13-17H,1-12,21H2,(H3,22,23,24,25);2*1H. The molecule has 2 aliphatic carbocycles. The monoisotopic (exact) mass is 430 g/mol. The lowest BCUT2D eigenvalue weighted by Crippen LogP contribution is -2.40. The molecule has 0 amide bonds. The Morgan fingerprint density at radius 2 is 1.71 bits per heavy atom. The van der Waals surface area contributed by atoms with Crippen LogP contribution in [0.15, 0.2) is 6.07 Å². The Labute approximate surface area is 181 Å². The first-order valence-electron chi connectivity index (χ1n) is 10.6. The molecule has 8 heteroatoms. The zero-order valence-electron chi connectivity index (χ0n) is 16.7. The van der Waals surface area contributed by atoms with E-state index in [0.29, 0.717) is 17.9 Å². The average Bonchev–Trinajstić information content (AvgIpc) is 3.14. The lowest BCUT2D eigenvalue weighted by Gasteiger charge is -2.36. The topological polar surface area (TPSA) is 93.1 Å². The molecule has 3 fully saturated rings. The van der Waals surface area contributed by atoms with E-state index in [0.717, 1.165) is 42.9 Å². The van der Waals surface area contributed by atoms with E-state index in [9.17, 15) is 0 Å². The van der Waals surface area contributed by atoms with Gasteiger partial charge >= 0.3 is 0 Å². The zero-order chi connectivity index (χ0) is 17.9. The molecule has 160 valence electrons. The van der Waals surface area contributed by atoms with E-state index in [4.69, 9.17) is 11.5 Å². The van der Waals surface area contributed by atoms with Gasteiger partial charge in [0.15, 0.2) is 0 Å². The summed E-state index contributed by atoms with van der Waals surface area (Å²) in [5.74, 6) is 2.53. The summed E-state index contributed by atoms with van der Waals surface area (Å²) >= 11 is 0. The molecule has 1 aliphatic heterocycles. The van der Waals surface area contributed by atoms with Crippen molar-refractivity contribution in [1.29, 1.82) is 0 Å². The highest BCUT2D eigenvalue weighted by atomic mass is 35.5. The van der Waals surface area contributed by atoms with Gasteiger partial charge in [-0.05, 0) is 64.0 Å². The van der Waals surface area contributed by atoms with Gasteiger partial charge in [0.05, 0.1) is 5.69 Å². The Balaban J connectivity index is 0.00000140. The highest BCUT2D eigenvalue weighted by Gasteiger charge is 2.29. The molecule has 1 aromatic rings. The van der Waals surface area contributed by atoms with E-state index in [1.807, 2.05) is 0 Å². The number of likely N-dealkylation sites (tertiary alicyclic amines) is 1. The molecule has 0 unspecified atom stereocenters. The maximum atomic E-state index is 5.90. The van der Waals surface area contributed by atoms with Gasteiger partial charge in [0.2, 0.25) is 5.95 Å². The molecular formula is C20H36Cl2N6. The Morgan fingerprint density at radius 3 is 2.36 bits per heavy atom. The van der Waals surface area contributed by atoms with Gasteiger partial charge in [-0.2, -0.15) is 4.98 Å². The van der Waals surface area contributed by atoms with Gasteiger partial charge in [-0.15, -0.1) is 24.8 Å². The van der Waals surface area contributed by atoms with Gasteiger partial charge in [-0.3, -0.25) is 0 Å². The van der Waals surface area contributed by atoms with E-state index < -0.39 is 0 Å². The summed E-state index contributed by atoms with van der Waals surface area (Å²) in [7, 11) is 0. The van der Waals surface area contributed by atoms with Crippen molar-refractivity contribution in [2.75, 3.05) is 30.7 Å². The van der Waals surface area contributed by atoms with Crippen LogP contribution in [0.3, 0.4) is 0 Å². The zero-order valence-corrected chi connectivity index (χ0v) is 18.3. The predicted octanol–water partition coefficient (Wildman–Crippen LogP) is 3.56. The van der Waals surface area contributed by atoms with Crippen molar-refractivity contribution in [3.8, 4) is 0 Å². The third-order valence-corrected chi connectivity index (χ3v) is 6.70. The number of nitrogens with zero attached hydrogens (tertiary/aromatic N) is 3. The van der Waals surface area contributed by atoms with Crippen molar-refractivity contribution in [2.45, 2.75) is 75.8 Å². The van der Waals surface area contributed by atoms with Crippen molar-refractivity contribution in [1.82, 2.24) is 14.9 Å². The quantitative estimate of drug-likeness (QED) is 0.638. The van der Waals surface area contributed by atoms with E-state index in [2.05, 4.69) is 26.3 Å². The first kappa shape index (κ1) is 23.5. The van der Waals surface area contributed by atoms with Crippen molar-refractivity contribution in [2.24, 2.45) is 11.7 Å². The van der Waals surface area contributed by atoms with Crippen LogP contribution in [0.4, 0.5) is 11.8 Å². The highest BCUT2D eigenvalue weighted by Crippen LogP contribution is 2.35. The minimum absolute atomic E-state index is 0. The van der Waals surface area contributed by atoms with Crippen molar-refractivity contribution in [3.05, 3.63) is 11.8 Å². The summed E-state index contributed by atoms with van der Waals surface area (Å²) in [4.78, 5) is 11.5. The summed E-state index contributed by atoms with van der Waals surface area (Å²) < 4.78 is 0. The second-order valence-electron chi connectivity index (χ2n) is 8.60. The van der Waals surface area contributed by atoms with E-state index in [1.165, 1.54) is 58.0 Å². The Morgan fingerprint density at radius 1 is 1.04 bits per heavy atom. The molecule has 1 saturated heterocycles. The molecule has 28 heavy (non-hydrogen) atoms. The van der Waals surface area contributed by atoms with Gasteiger partial charge in [-0.1, -0.05) is 12.8 Å². The number of nitrogens with two attached hydrogens (primary N) is 2. The number of rotatable bonds is 6. The molecule has 3 aliphatic rings. The van der Waals surface area contributed by atoms with E-state index in [1.54, 1.807) is 0 Å². The number of halogens is 2. The number of hydrogen-bond acceptors (Lipinski definition) is 6. The van der Waals surface area contributed by atoms with Crippen LogP contribution in [-0.4, -0.2) is 46.6 Å². The fourth-order valence-corrected chi connectivity index (χ4v) is 4.97. The fraction of sp³-hybridized carbons (Fsp3) is 0.800. The first-order valence-corrected chi connectivity index (χ1v) is 10.6. The van der Waals surface area contributed by atoms with Gasteiger partial charge in [0, 0.05) is 30.6 Å². The second-order valence-corrected chi connectivity index (χ2v) is 8.60. The number of hydrogen-bond donors (Lipinski definition) is 3. The number of piperidine rings is 1. The van der Waals surface area contributed by atoms with Crippen molar-refractivity contribution in [3.63, 3.8) is 0 Å². The normalized spacial score (nSPS) is 26.2. The Bertz CT molecular complexity index is 596. The van der Waals surface area contributed by atoms with Crippen LogP contribution in [0.5, 0.6) is 0 Å². The lowest BCUT2D eigenvalue weighted by atomic mass is 9.78. The summed E-state index contributed by atoms with van der Waals surface area (Å²) in [6.07, 6.45) is 11.6. The summed E-state index contributed by atoms with van der Waals surface area (Å²) in [5, 5.41) is 3.48. The number of nitrogen functional groups attached to an aromatic ring is 1. The molecular weight excluding hydrogens is 395 g/mol. The van der Waals surface area contributed by atoms with Gasteiger partial charge in [0.25, 0.3) is 0 Å². The fourth-order valence-electron chi connectivity index (χ4n) is 4.97. The van der Waals surface area contributed by atoms with Crippen molar-refractivity contribution >= 4 is 36.6 Å². The van der Waals surface area contributed by atoms with Gasteiger partial charge < -0.3 is 21.7 Å². The number of aromatic nitrogens is 2. The molecule has 4 rings (SSSR count). The third-order valence-electron chi connectivity index (χ3n) is 6.70. The van der Waals surface area contributed by atoms with Crippen LogP contribution in [-0.2, 0) is 0 Å². The van der Waals surface area contributed by atoms with Crippen molar-refractivity contribution < 1.29 is 0 Å². The molecule has 0 bridgehead atoms. The molecule has 0 radical (unpaired) electrons. The Hall–Kier alpha value is -0.820. The molecule has 2 saturated carbocycles. The molecule has 2 heterocycles. The minimum atomic E-state index is 0. The summed E-state index contributed by atoms with van der Waals surface area (Å²) in [6, 6.07) is 3.27. The molecule has 1 aromatic heterocycles. The van der Waals surface area contributed by atoms with Gasteiger partial charge in [-0.25, -0.2) is 4.98 Å². The lowest BCUT2D eigenvalue weighted by molar-refractivity contribution is 0.132. The average molecular weight is 431 g/mol. The number of nitrogens with one attached hydrogen (secondary N) is 1. The molecule has 5 N–H and O–H groups in total. The second kappa shape index (κ2) is 10.8. The maximum Gasteiger partial charge on any atom is 0.222 e. The van der Waals surface area contributed by atoms with E-state index in [-0.39, 0.29) is 24.8 Å². The Kier molecular flexibility index (Phi) is 9.06. The van der Waals surface area contributed by atoms with Crippen LogP contribution in [0.25, 0.3) is 0 Å². The third kappa shape index (κ3) is 5.85. The van der Waals surface area contributed by atoms with E-state index >= 15 is 0 Å². The summed E-state index contributed by atoms with van der Waals surface area (Å²) in [6.45, 7) is 3.55. The highest BCUT2D eigenvalue weighted by molar-refractivity contribution is 5.85. The van der Waals surface area contributed by atoms with Gasteiger partial charge in [0.1, 0.15) is 5.82 Å². The SMILES string of the molecule is Cl.Cl.Nc1nc(NCCC2CCN(C3CCCC3)CC2)cc(C2CC(N)C2)n1. The number of anilines is 2. The molecule has 0 aromatic carbocycles. The predicted molar refractivity (Wildman–Crippen MR) is 121 cm³/mol. The van der Waals surface area contributed by atoms with Crippen LogP contribution in [0.2, 0.25) is 0 Å². The summed E-state index contributed by atoms with van der Waals surface area (Å²) in [5.41, 5.74) is 12.8.